The minimum Gasteiger partial charge on any atom is -0.361 e. The first-order valence-electron chi connectivity index (χ1n) is 10.6. The summed E-state index contributed by atoms with van der Waals surface area (Å²) in [5, 5.41) is 3.90. The molecule has 2 aromatic carbocycles. The van der Waals surface area contributed by atoms with Crippen molar-refractivity contribution in [1.29, 1.82) is 0 Å². The van der Waals surface area contributed by atoms with Crippen molar-refractivity contribution in [3.05, 3.63) is 65.4 Å². The Morgan fingerprint density at radius 1 is 1.13 bits per heavy atom. The van der Waals surface area contributed by atoms with Gasteiger partial charge < -0.3 is 15.2 Å². The van der Waals surface area contributed by atoms with E-state index >= 15 is 0 Å². The third-order valence-corrected chi connectivity index (χ3v) is 6.01. The van der Waals surface area contributed by atoms with Crippen LogP contribution in [-0.4, -0.2) is 35.4 Å². The number of likely N-dealkylation sites (tertiary alicyclic amines) is 1. The summed E-state index contributed by atoms with van der Waals surface area (Å²) in [5.74, 6) is -1.97. The fourth-order valence-corrected chi connectivity index (χ4v) is 4.25. The minimum atomic E-state index is -1.03. The number of aromatic amines is 1. The molecule has 0 spiro atoms. The lowest BCUT2D eigenvalue weighted by Crippen LogP contribution is -2.33. The molecule has 1 saturated heterocycles. The fourth-order valence-electron chi connectivity index (χ4n) is 4.25. The standard InChI is InChI=1S/C24H27F2N3O/c1-2-3-10-29-11-8-16(9-12-29)20-15-27-23-7-5-18(14-19(20)23)28-24(30)17-4-6-21(25)22(26)13-17/h4-7,13-16,27H,2-3,8-12H2,1H3,(H,28,30). The molecule has 158 valence electrons. The van der Waals surface area contributed by atoms with Crippen LogP contribution in [0.5, 0.6) is 0 Å². The number of H-pyrrole nitrogens is 1. The van der Waals surface area contributed by atoms with Crippen molar-refractivity contribution in [2.45, 2.75) is 38.5 Å². The Bertz CT molecular complexity index is 1040. The highest BCUT2D eigenvalue weighted by Crippen LogP contribution is 2.34. The van der Waals surface area contributed by atoms with Crippen molar-refractivity contribution in [1.82, 2.24) is 9.88 Å². The van der Waals surface area contributed by atoms with E-state index in [1.54, 1.807) is 0 Å². The van der Waals surface area contributed by atoms with Gasteiger partial charge in [0.25, 0.3) is 5.91 Å². The van der Waals surface area contributed by atoms with Gasteiger partial charge in [-0.2, -0.15) is 0 Å². The van der Waals surface area contributed by atoms with Crippen LogP contribution in [0.25, 0.3) is 10.9 Å². The van der Waals surface area contributed by atoms with E-state index in [9.17, 15) is 13.6 Å². The molecule has 0 bridgehead atoms. The second-order valence-electron chi connectivity index (χ2n) is 8.06. The van der Waals surface area contributed by atoms with E-state index in [1.807, 2.05) is 18.2 Å². The predicted molar refractivity (Wildman–Crippen MR) is 116 cm³/mol. The minimum absolute atomic E-state index is 0.0859. The number of amides is 1. The highest BCUT2D eigenvalue weighted by molar-refractivity contribution is 6.05. The highest BCUT2D eigenvalue weighted by atomic mass is 19.2. The number of carbonyl (C=O) groups is 1. The van der Waals surface area contributed by atoms with E-state index in [0.717, 1.165) is 49.0 Å². The Hall–Kier alpha value is -2.73. The SMILES string of the molecule is CCCCN1CCC(c2c[nH]c3ccc(NC(=O)c4ccc(F)c(F)c4)cc23)CC1. The Kier molecular flexibility index (Phi) is 6.13. The number of fused-ring (bicyclic) bond motifs is 1. The van der Waals surface area contributed by atoms with Crippen LogP contribution in [-0.2, 0) is 0 Å². The summed E-state index contributed by atoms with van der Waals surface area (Å²) >= 11 is 0. The molecule has 1 aliphatic heterocycles. The van der Waals surface area contributed by atoms with Gasteiger partial charge in [0.1, 0.15) is 0 Å². The van der Waals surface area contributed by atoms with Crippen LogP contribution in [0, 0.1) is 11.6 Å². The Morgan fingerprint density at radius 2 is 1.93 bits per heavy atom. The van der Waals surface area contributed by atoms with E-state index in [1.165, 1.54) is 31.0 Å². The topological polar surface area (TPSA) is 48.1 Å². The number of piperidine rings is 1. The summed E-state index contributed by atoms with van der Waals surface area (Å²) in [6.45, 7) is 5.63. The number of anilines is 1. The molecular weight excluding hydrogens is 384 g/mol. The van der Waals surface area contributed by atoms with Crippen molar-refractivity contribution in [2.75, 3.05) is 25.0 Å². The van der Waals surface area contributed by atoms with Crippen LogP contribution in [0.15, 0.2) is 42.6 Å². The van der Waals surface area contributed by atoms with Crippen LogP contribution in [0.1, 0.15) is 54.4 Å². The van der Waals surface area contributed by atoms with Gasteiger partial charge in [0.05, 0.1) is 0 Å². The van der Waals surface area contributed by atoms with Crippen LogP contribution in [0.3, 0.4) is 0 Å². The third-order valence-electron chi connectivity index (χ3n) is 6.01. The van der Waals surface area contributed by atoms with Crippen molar-refractivity contribution in [3.8, 4) is 0 Å². The molecule has 30 heavy (non-hydrogen) atoms. The molecule has 1 aliphatic rings. The van der Waals surface area contributed by atoms with Gasteiger partial charge in [0.15, 0.2) is 11.6 Å². The molecule has 0 saturated carbocycles. The fraction of sp³-hybridized carbons (Fsp3) is 0.375. The number of nitrogens with one attached hydrogen (secondary N) is 2. The molecule has 0 unspecified atom stereocenters. The second kappa shape index (κ2) is 8.96. The highest BCUT2D eigenvalue weighted by Gasteiger charge is 2.22. The quantitative estimate of drug-likeness (QED) is 0.548. The van der Waals surface area contributed by atoms with Crippen LogP contribution in [0.4, 0.5) is 14.5 Å². The lowest BCUT2D eigenvalue weighted by molar-refractivity contribution is 0.102. The molecule has 1 aromatic heterocycles. The first-order valence-corrected chi connectivity index (χ1v) is 10.6. The maximum Gasteiger partial charge on any atom is 0.255 e. The summed E-state index contributed by atoms with van der Waals surface area (Å²) in [6.07, 6.45) is 6.81. The molecule has 4 nitrogen and oxygen atoms in total. The molecule has 1 fully saturated rings. The molecule has 1 amide bonds. The maximum atomic E-state index is 13.4. The molecule has 4 rings (SSSR count). The summed E-state index contributed by atoms with van der Waals surface area (Å²) < 4.78 is 26.6. The normalized spacial score (nSPS) is 15.6. The van der Waals surface area contributed by atoms with Crippen molar-refractivity contribution in [3.63, 3.8) is 0 Å². The molecule has 2 N–H and O–H groups in total. The number of halogens is 2. The first-order chi connectivity index (χ1) is 14.5. The molecular formula is C24H27F2N3O. The van der Waals surface area contributed by atoms with Crippen LogP contribution < -0.4 is 5.32 Å². The smallest absolute Gasteiger partial charge is 0.255 e. The van der Waals surface area contributed by atoms with E-state index in [2.05, 4.69) is 28.3 Å². The zero-order valence-electron chi connectivity index (χ0n) is 17.2. The summed E-state index contributed by atoms with van der Waals surface area (Å²) in [6, 6.07) is 8.87. The number of hydrogen-bond donors (Lipinski definition) is 2. The van der Waals surface area contributed by atoms with Gasteiger partial charge in [-0.25, -0.2) is 8.78 Å². The van der Waals surface area contributed by atoms with Gasteiger partial charge in [0.2, 0.25) is 0 Å². The van der Waals surface area contributed by atoms with Crippen molar-refractivity contribution >= 4 is 22.5 Å². The molecule has 2 heterocycles. The Labute approximate surface area is 175 Å². The Balaban J connectivity index is 1.49. The summed E-state index contributed by atoms with van der Waals surface area (Å²) in [5.41, 5.74) is 3.04. The number of benzene rings is 2. The van der Waals surface area contributed by atoms with E-state index in [-0.39, 0.29) is 5.56 Å². The number of nitrogens with zero attached hydrogens (tertiary/aromatic N) is 1. The van der Waals surface area contributed by atoms with Crippen molar-refractivity contribution < 1.29 is 13.6 Å². The van der Waals surface area contributed by atoms with E-state index < -0.39 is 17.5 Å². The average Bonchev–Trinajstić information content (AvgIpc) is 3.18. The van der Waals surface area contributed by atoms with Gasteiger partial charge in [-0.05, 0) is 86.8 Å². The first kappa shape index (κ1) is 20.5. The molecule has 0 radical (unpaired) electrons. The molecule has 6 heteroatoms. The Morgan fingerprint density at radius 3 is 2.67 bits per heavy atom. The second-order valence-corrected chi connectivity index (χ2v) is 8.06. The number of rotatable bonds is 6. The number of aromatic nitrogens is 1. The molecule has 0 atom stereocenters. The molecule has 3 aromatic rings. The molecule has 0 aliphatic carbocycles. The van der Waals surface area contributed by atoms with Crippen LogP contribution in [0.2, 0.25) is 0 Å². The van der Waals surface area contributed by atoms with E-state index in [4.69, 9.17) is 0 Å². The predicted octanol–water partition coefficient (Wildman–Crippen LogP) is 5.68. The van der Waals surface area contributed by atoms with E-state index in [0.29, 0.717) is 11.6 Å². The lowest BCUT2D eigenvalue weighted by atomic mass is 9.89. The van der Waals surface area contributed by atoms with Gasteiger partial charge in [0, 0.05) is 28.4 Å². The average molecular weight is 411 g/mol. The number of hydrogen-bond acceptors (Lipinski definition) is 2. The van der Waals surface area contributed by atoms with Gasteiger partial charge >= 0.3 is 0 Å². The monoisotopic (exact) mass is 411 g/mol. The summed E-state index contributed by atoms with van der Waals surface area (Å²) in [4.78, 5) is 18.3. The third kappa shape index (κ3) is 4.38. The maximum absolute atomic E-state index is 13.4. The van der Waals surface area contributed by atoms with Gasteiger partial charge in [-0.3, -0.25) is 4.79 Å². The summed E-state index contributed by atoms with van der Waals surface area (Å²) in [7, 11) is 0. The zero-order valence-corrected chi connectivity index (χ0v) is 17.2. The number of carbonyl (C=O) groups excluding carboxylic acids is 1. The zero-order chi connectivity index (χ0) is 21.1. The van der Waals surface area contributed by atoms with Gasteiger partial charge in [-0.1, -0.05) is 13.3 Å². The lowest BCUT2D eigenvalue weighted by Gasteiger charge is -2.31. The van der Waals surface area contributed by atoms with Gasteiger partial charge in [-0.15, -0.1) is 0 Å². The van der Waals surface area contributed by atoms with Crippen molar-refractivity contribution in [2.24, 2.45) is 0 Å². The van der Waals surface area contributed by atoms with Crippen LogP contribution >= 0.6 is 0 Å². The largest absolute Gasteiger partial charge is 0.361 e. The number of unbranched alkanes of at least 4 members (excludes halogenated alkanes) is 1.